The van der Waals surface area contributed by atoms with Gasteiger partial charge in [0.15, 0.2) is 23.0 Å². The molecule has 1 aliphatic heterocycles. The zero-order chi connectivity index (χ0) is 17.1. The van der Waals surface area contributed by atoms with E-state index in [1.165, 1.54) is 7.11 Å². The molecule has 1 heterocycles. The average molecular weight is 350 g/mol. The molecule has 0 saturated heterocycles. The second-order valence-electron chi connectivity index (χ2n) is 5.67. The van der Waals surface area contributed by atoms with Crippen LogP contribution in [0, 0.1) is 0 Å². The van der Waals surface area contributed by atoms with Crippen molar-refractivity contribution in [2.45, 2.75) is 19.0 Å². The van der Waals surface area contributed by atoms with Crippen LogP contribution in [0.2, 0.25) is 5.02 Å². The zero-order valence-electron chi connectivity index (χ0n) is 13.6. The summed E-state index contributed by atoms with van der Waals surface area (Å²) < 4.78 is 16.3. The normalized spacial score (nSPS) is 16.2. The van der Waals surface area contributed by atoms with Crippen LogP contribution < -0.4 is 19.5 Å². The van der Waals surface area contributed by atoms with E-state index < -0.39 is 0 Å². The molecular weight excluding hydrogens is 330 g/mol. The summed E-state index contributed by atoms with van der Waals surface area (Å²) in [6, 6.07) is 9.60. The fourth-order valence-electron chi connectivity index (χ4n) is 2.83. The monoisotopic (exact) mass is 349 g/mol. The average Bonchev–Trinajstić information content (AvgIpc) is 2.61. The summed E-state index contributed by atoms with van der Waals surface area (Å²) in [6.45, 7) is 1.17. The van der Waals surface area contributed by atoms with E-state index in [4.69, 9.17) is 25.8 Å². The van der Waals surface area contributed by atoms with Gasteiger partial charge in [-0.05, 0) is 35.7 Å². The minimum atomic E-state index is -0.0371. The van der Waals surface area contributed by atoms with E-state index in [-0.39, 0.29) is 16.8 Å². The van der Waals surface area contributed by atoms with Gasteiger partial charge in [-0.2, -0.15) is 0 Å². The molecule has 1 aliphatic rings. The maximum atomic E-state index is 9.79. The van der Waals surface area contributed by atoms with E-state index in [2.05, 4.69) is 5.32 Å². The summed E-state index contributed by atoms with van der Waals surface area (Å²) in [6.07, 6.45) is 0.857. The predicted molar refractivity (Wildman–Crippen MR) is 92.5 cm³/mol. The number of ether oxygens (including phenoxy) is 3. The number of methoxy groups -OCH3 is 2. The number of nitrogens with one attached hydrogen (secondary N) is 1. The lowest BCUT2D eigenvalue weighted by atomic mass is 10.0. The number of phenolic OH excluding ortho intramolecular Hbond substituents is 1. The zero-order valence-corrected chi connectivity index (χ0v) is 14.4. The molecule has 0 radical (unpaired) electrons. The third-order valence-corrected chi connectivity index (χ3v) is 4.37. The molecule has 2 aromatic rings. The number of halogens is 1. The van der Waals surface area contributed by atoms with E-state index in [1.54, 1.807) is 19.2 Å². The number of rotatable bonds is 5. The number of para-hydroxylation sites is 1. The SMILES string of the molecule is COc1cc(CNC2COc3c(cccc3OC)C2)cc(Cl)c1O. The molecule has 2 aromatic carbocycles. The highest BCUT2D eigenvalue weighted by Crippen LogP contribution is 2.36. The van der Waals surface area contributed by atoms with E-state index in [9.17, 15) is 5.11 Å². The predicted octanol–water partition coefficient (Wildman–Crippen LogP) is 3.16. The molecular formula is C18H20ClNO4. The van der Waals surface area contributed by atoms with Crippen molar-refractivity contribution in [3.8, 4) is 23.0 Å². The van der Waals surface area contributed by atoms with Crippen LogP contribution in [0.1, 0.15) is 11.1 Å². The topological polar surface area (TPSA) is 60.0 Å². The molecule has 0 amide bonds. The molecule has 0 saturated carbocycles. The Morgan fingerprint density at radius 2 is 2.04 bits per heavy atom. The van der Waals surface area contributed by atoms with Crippen LogP contribution in [-0.2, 0) is 13.0 Å². The fraction of sp³-hybridized carbons (Fsp3) is 0.333. The first-order valence-electron chi connectivity index (χ1n) is 7.69. The Labute approximate surface area is 146 Å². The van der Waals surface area contributed by atoms with Crippen molar-refractivity contribution < 1.29 is 19.3 Å². The third-order valence-electron chi connectivity index (χ3n) is 4.08. The van der Waals surface area contributed by atoms with E-state index >= 15 is 0 Å². The molecule has 5 nitrogen and oxygen atoms in total. The minimum absolute atomic E-state index is 0.0371. The molecule has 128 valence electrons. The summed E-state index contributed by atoms with van der Waals surface area (Å²) in [5, 5.41) is 13.5. The highest BCUT2D eigenvalue weighted by atomic mass is 35.5. The van der Waals surface area contributed by atoms with Gasteiger partial charge < -0.3 is 24.6 Å². The number of benzene rings is 2. The largest absolute Gasteiger partial charge is 0.503 e. The number of phenols is 1. The van der Waals surface area contributed by atoms with E-state index in [1.807, 2.05) is 18.2 Å². The molecule has 1 atom stereocenters. The third kappa shape index (κ3) is 3.37. The molecule has 0 bridgehead atoms. The summed E-state index contributed by atoms with van der Waals surface area (Å²) in [5.74, 6) is 1.92. The molecule has 0 aliphatic carbocycles. The molecule has 0 aromatic heterocycles. The maximum absolute atomic E-state index is 9.79. The van der Waals surface area contributed by atoms with Crippen molar-refractivity contribution in [1.29, 1.82) is 0 Å². The minimum Gasteiger partial charge on any atom is -0.503 e. The second kappa shape index (κ2) is 7.20. The number of fused-ring (bicyclic) bond motifs is 1. The van der Waals surface area contributed by atoms with Gasteiger partial charge in [0.05, 0.1) is 19.2 Å². The van der Waals surface area contributed by atoms with Gasteiger partial charge in [-0.15, -0.1) is 0 Å². The molecule has 1 unspecified atom stereocenters. The van der Waals surface area contributed by atoms with Gasteiger partial charge in [0, 0.05) is 12.6 Å². The van der Waals surface area contributed by atoms with Crippen molar-refractivity contribution in [1.82, 2.24) is 5.32 Å². The van der Waals surface area contributed by atoms with Crippen molar-refractivity contribution in [2.75, 3.05) is 20.8 Å². The van der Waals surface area contributed by atoms with Gasteiger partial charge in [-0.3, -0.25) is 0 Å². The smallest absolute Gasteiger partial charge is 0.176 e. The van der Waals surface area contributed by atoms with Crippen LogP contribution >= 0.6 is 11.6 Å². The van der Waals surface area contributed by atoms with Crippen LogP contribution in [-0.4, -0.2) is 32.0 Å². The molecule has 0 spiro atoms. The number of hydrogen-bond donors (Lipinski definition) is 2. The molecule has 6 heteroatoms. The van der Waals surface area contributed by atoms with E-state index in [0.29, 0.717) is 18.9 Å². The quantitative estimate of drug-likeness (QED) is 0.868. The Kier molecular flexibility index (Phi) is 5.02. The second-order valence-corrected chi connectivity index (χ2v) is 6.08. The Morgan fingerprint density at radius 3 is 2.79 bits per heavy atom. The lowest BCUT2D eigenvalue weighted by Crippen LogP contribution is -2.38. The van der Waals surface area contributed by atoms with Crippen LogP contribution in [0.25, 0.3) is 0 Å². The van der Waals surface area contributed by atoms with Crippen molar-refractivity contribution in [2.24, 2.45) is 0 Å². The van der Waals surface area contributed by atoms with Crippen LogP contribution in [0.15, 0.2) is 30.3 Å². The Bertz CT molecular complexity index is 735. The maximum Gasteiger partial charge on any atom is 0.176 e. The summed E-state index contributed by atoms with van der Waals surface area (Å²) >= 11 is 6.02. The lowest BCUT2D eigenvalue weighted by Gasteiger charge is -2.27. The van der Waals surface area contributed by atoms with Gasteiger partial charge >= 0.3 is 0 Å². The van der Waals surface area contributed by atoms with Gasteiger partial charge in [-0.25, -0.2) is 0 Å². The first kappa shape index (κ1) is 16.7. The highest BCUT2D eigenvalue weighted by Gasteiger charge is 2.22. The number of hydrogen-bond acceptors (Lipinski definition) is 5. The highest BCUT2D eigenvalue weighted by molar-refractivity contribution is 6.32. The van der Waals surface area contributed by atoms with Crippen molar-refractivity contribution >= 4 is 11.6 Å². The molecule has 0 fully saturated rings. The van der Waals surface area contributed by atoms with Crippen LogP contribution in [0.3, 0.4) is 0 Å². The van der Waals surface area contributed by atoms with Crippen LogP contribution in [0.4, 0.5) is 0 Å². The lowest BCUT2D eigenvalue weighted by molar-refractivity contribution is 0.226. The van der Waals surface area contributed by atoms with Crippen molar-refractivity contribution in [3.05, 3.63) is 46.5 Å². The van der Waals surface area contributed by atoms with E-state index in [0.717, 1.165) is 29.0 Å². The molecule has 2 N–H and O–H groups in total. The standard InChI is InChI=1S/C18H20ClNO4/c1-22-15-5-3-4-12-8-13(10-24-18(12)15)20-9-11-6-14(19)17(21)16(7-11)23-2/h3-7,13,20-21H,8-10H2,1-2H3. The van der Waals surface area contributed by atoms with Gasteiger partial charge in [0.2, 0.25) is 0 Å². The Morgan fingerprint density at radius 1 is 1.25 bits per heavy atom. The summed E-state index contributed by atoms with van der Waals surface area (Å²) in [7, 11) is 3.15. The summed E-state index contributed by atoms with van der Waals surface area (Å²) in [5.41, 5.74) is 2.06. The first-order chi connectivity index (χ1) is 11.6. The van der Waals surface area contributed by atoms with Gasteiger partial charge in [0.25, 0.3) is 0 Å². The van der Waals surface area contributed by atoms with Gasteiger partial charge in [0.1, 0.15) is 6.61 Å². The van der Waals surface area contributed by atoms with Gasteiger partial charge in [-0.1, -0.05) is 23.7 Å². The molecule has 24 heavy (non-hydrogen) atoms. The first-order valence-corrected chi connectivity index (χ1v) is 8.07. The Balaban J connectivity index is 1.67. The van der Waals surface area contributed by atoms with Crippen molar-refractivity contribution in [3.63, 3.8) is 0 Å². The van der Waals surface area contributed by atoms with Crippen LogP contribution in [0.5, 0.6) is 23.0 Å². The Hall–Kier alpha value is -2.11. The molecule has 3 rings (SSSR count). The fourth-order valence-corrected chi connectivity index (χ4v) is 3.07. The summed E-state index contributed by atoms with van der Waals surface area (Å²) in [4.78, 5) is 0. The number of aromatic hydroxyl groups is 1.